The summed E-state index contributed by atoms with van der Waals surface area (Å²) in [5, 5.41) is 9.06. The fraction of sp³-hybridized carbons (Fsp3) is 0.591. The van der Waals surface area contributed by atoms with Crippen molar-refractivity contribution in [2.75, 3.05) is 0 Å². The molecule has 2 heteroatoms. The summed E-state index contributed by atoms with van der Waals surface area (Å²) in [4.78, 5) is 11.0. The summed E-state index contributed by atoms with van der Waals surface area (Å²) in [7, 11) is 0. The molecule has 2 rings (SSSR count). The molecule has 1 aliphatic carbocycles. The summed E-state index contributed by atoms with van der Waals surface area (Å²) in [6, 6.07) is 8.92. The van der Waals surface area contributed by atoms with Crippen LogP contribution in [-0.2, 0) is 17.6 Å². The molecule has 2 nitrogen and oxygen atoms in total. The Labute approximate surface area is 147 Å². The first-order chi connectivity index (χ1) is 11.7. The number of rotatable bonds is 11. The molecule has 0 aliphatic heterocycles. The van der Waals surface area contributed by atoms with Crippen LogP contribution in [0.25, 0.3) is 0 Å². The van der Waals surface area contributed by atoms with E-state index in [1.54, 1.807) is 0 Å². The monoisotopic (exact) mass is 328 g/mol. The molecule has 0 unspecified atom stereocenters. The van der Waals surface area contributed by atoms with Crippen LogP contribution in [0.1, 0.15) is 75.8 Å². The van der Waals surface area contributed by atoms with Crippen molar-refractivity contribution >= 4 is 5.97 Å². The van der Waals surface area contributed by atoms with E-state index < -0.39 is 5.97 Å². The van der Waals surface area contributed by atoms with Crippen LogP contribution in [-0.4, -0.2) is 11.1 Å². The average Bonchev–Trinajstić information content (AvgIpc) is 3.04. The molecule has 0 fully saturated rings. The molecule has 0 saturated heterocycles. The second-order valence-corrected chi connectivity index (χ2v) is 7.20. The van der Waals surface area contributed by atoms with Crippen molar-refractivity contribution in [2.24, 2.45) is 5.92 Å². The number of hydrogen-bond acceptors (Lipinski definition) is 1. The normalized spacial score (nSPS) is 17.0. The quantitative estimate of drug-likeness (QED) is 0.403. The second-order valence-electron chi connectivity index (χ2n) is 7.20. The fourth-order valence-corrected chi connectivity index (χ4v) is 3.50. The van der Waals surface area contributed by atoms with Gasteiger partial charge in [0.05, 0.1) is 5.92 Å². The van der Waals surface area contributed by atoms with Crippen LogP contribution >= 0.6 is 0 Å². The molecule has 1 atom stereocenters. The van der Waals surface area contributed by atoms with Gasteiger partial charge >= 0.3 is 5.97 Å². The van der Waals surface area contributed by atoms with Gasteiger partial charge in [0.25, 0.3) is 0 Å². The van der Waals surface area contributed by atoms with Crippen molar-refractivity contribution in [2.45, 2.75) is 77.6 Å². The van der Waals surface area contributed by atoms with Crippen LogP contribution < -0.4 is 0 Å². The Bertz CT molecular complexity index is 527. The molecule has 1 aliphatic rings. The lowest BCUT2D eigenvalue weighted by Crippen LogP contribution is -2.09. The second kappa shape index (κ2) is 10.3. The minimum Gasteiger partial charge on any atom is -0.481 e. The van der Waals surface area contributed by atoms with Crippen LogP contribution in [0.4, 0.5) is 0 Å². The third-order valence-electron chi connectivity index (χ3n) is 5.07. The molecule has 0 aromatic heterocycles. The number of carboxylic acids is 1. The van der Waals surface area contributed by atoms with Crippen molar-refractivity contribution < 1.29 is 9.90 Å². The number of aliphatic carboxylic acids is 1. The Morgan fingerprint density at radius 1 is 1.00 bits per heavy atom. The Morgan fingerprint density at radius 2 is 1.62 bits per heavy atom. The minimum atomic E-state index is -0.661. The maximum atomic E-state index is 11.0. The molecule has 0 amide bonds. The molecule has 0 heterocycles. The number of carbonyl (C=O) groups is 1. The predicted molar refractivity (Wildman–Crippen MR) is 100 cm³/mol. The van der Waals surface area contributed by atoms with Gasteiger partial charge in [-0.05, 0) is 43.2 Å². The van der Waals surface area contributed by atoms with Crippen molar-refractivity contribution in [3.8, 4) is 0 Å². The zero-order valence-electron chi connectivity index (χ0n) is 15.1. The zero-order chi connectivity index (χ0) is 17.2. The Hall–Kier alpha value is -1.57. The van der Waals surface area contributed by atoms with Crippen LogP contribution in [0.3, 0.4) is 0 Å². The fourth-order valence-electron chi connectivity index (χ4n) is 3.50. The van der Waals surface area contributed by atoms with E-state index in [2.05, 4.69) is 37.3 Å². The standard InChI is InChI=1S/C22H32O2/c1-2-3-4-5-6-7-8-9-18-10-12-19(13-11-18)16-20-14-15-21(17-20)22(23)24/h10-14,21H,2-9,15-17H2,1H3,(H,23,24)/t21-/m0/s1. The molecule has 0 radical (unpaired) electrons. The van der Waals surface area contributed by atoms with Gasteiger partial charge in [-0.3, -0.25) is 4.79 Å². The molecular formula is C22H32O2. The highest BCUT2D eigenvalue weighted by molar-refractivity contribution is 5.71. The van der Waals surface area contributed by atoms with Gasteiger partial charge in [0.15, 0.2) is 0 Å². The summed E-state index contributed by atoms with van der Waals surface area (Å²) in [6.07, 6.45) is 15.1. The molecule has 24 heavy (non-hydrogen) atoms. The lowest BCUT2D eigenvalue weighted by atomic mass is 9.99. The van der Waals surface area contributed by atoms with Gasteiger partial charge in [0, 0.05) is 0 Å². The Morgan fingerprint density at radius 3 is 2.25 bits per heavy atom. The average molecular weight is 328 g/mol. The van der Waals surface area contributed by atoms with Crippen LogP contribution in [0, 0.1) is 5.92 Å². The molecule has 0 saturated carbocycles. The van der Waals surface area contributed by atoms with Crippen LogP contribution in [0.2, 0.25) is 0 Å². The summed E-state index contributed by atoms with van der Waals surface area (Å²) in [5.41, 5.74) is 4.01. The smallest absolute Gasteiger partial charge is 0.307 e. The van der Waals surface area contributed by atoms with Crippen molar-refractivity contribution in [3.63, 3.8) is 0 Å². The Kier molecular flexibility index (Phi) is 8.07. The van der Waals surface area contributed by atoms with Crippen molar-refractivity contribution in [3.05, 3.63) is 47.0 Å². The maximum Gasteiger partial charge on any atom is 0.307 e. The highest BCUT2D eigenvalue weighted by atomic mass is 16.4. The van der Waals surface area contributed by atoms with E-state index >= 15 is 0 Å². The van der Waals surface area contributed by atoms with Gasteiger partial charge < -0.3 is 5.11 Å². The third-order valence-corrected chi connectivity index (χ3v) is 5.07. The number of unbranched alkanes of at least 4 members (excludes halogenated alkanes) is 6. The number of allylic oxidation sites excluding steroid dienone is 2. The Balaban J connectivity index is 1.65. The number of hydrogen-bond donors (Lipinski definition) is 1. The van der Waals surface area contributed by atoms with Gasteiger partial charge in [0.1, 0.15) is 0 Å². The molecule has 0 bridgehead atoms. The van der Waals surface area contributed by atoms with E-state index in [0.717, 1.165) is 12.8 Å². The van der Waals surface area contributed by atoms with E-state index in [0.29, 0.717) is 6.42 Å². The molecular weight excluding hydrogens is 296 g/mol. The van der Waals surface area contributed by atoms with Gasteiger partial charge in [-0.25, -0.2) is 0 Å². The third kappa shape index (κ3) is 6.51. The molecule has 132 valence electrons. The lowest BCUT2D eigenvalue weighted by molar-refractivity contribution is -0.141. The topological polar surface area (TPSA) is 37.3 Å². The van der Waals surface area contributed by atoms with E-state index in [1.807, 2.05) is 0 Å². The first-order valence-corrected chi connectivity index (χ1v) is 9.67. The first-order valence-electron chi connectivity index (χ1n) is 9.67. The van der Waals surface area contributed by atoms with Gasteiger partial charge in [-0.15, -0.1) is 0 Å². The minimum absolute atomic E-state index is 0.198. The number of aryl methyl sites for hydroxylation is 1. The van der Waals surface area contributed by atoms with Gasteiger partial charge in [-0.2, -0.15) is 0 Å². The first kappa shape index (κ1) is 18.8. The molecule has 1 N–H and O–H groups in total. The van der Waals surface area contributed by atoms with Crippen LogP contribution in [0.5, 0.6) is 0 Å². The lowest BCUT2D eigenvalue weighted by Gasteiger charge is -2.07. The van der Waals surface area contributed by atoms with E-state index in [1.165, 1.54) is 68.1 Å². The summed E-state index contributed by atoms with van der Waals surface area (Å²) in [6.45, 7) is 2.26. The van der Waals surface area contributed by atoms with Gasteiger partial charge in [0.2, 0.25) is 0 Å². The predicted octanol–water partition coefficient (Wildman–Crippen LogP) is 5.94. The summed E-state index contributed by atoms with van der Waals surface area (Å²) in [5.74, 6) is -0.858. The SMILES string of the molecule is CCCCCCCCCc1ccc(CC2=CC[C@H](C(=O)O)C2)cc1. The van der Waals surface area contributed by atoms with E-state index in [4.69, 9.17) is 5.11 Å². The highest BCUT2D eigenvalue weighted by Crippen LogP contribution is 2.27. The van der Waals surface area contributed by atoms with Gasteiger partial charge in [-0.1, -0.05) is 81.4 Å². The summed E-state index contributed by atoms with van der Waals surface area (Å²) >= 11 is 0. The zero-order valence-corrected chi connectivity index (χ0v) is 15.1. The van der Waals surface area contributed by atoms with E-state index in [9.17, 15) is 4.79 Å². The maximum absolute atomic E-state index is 11.0. The summed E-state index contributed by atoms with van der Waals surface area (Å²) < 4.78 is 0. The number of benzene rings is 1. The van der Waals surface area contributed by atoms with Crippen molar-refractivity contribution in [1.82, 2.24) is 0 Å². The van der Waals surface area contributed by atoms with E-state index in [-0.39, 0.29) is 5.92 Å². The highest BCUT2D eigenvalue weighted by Gasteiger charge is 2.23. The van der Waals surface area contributed by atoms with Crippen LogP contribution in [0.15, 0.2) is 35.9 Å². The molecule has 1 aromatic rings. The molecule has 0 spiro atoms. The largest absolute Gasteiger partial charge is 0.481 e. The van der Waals surface area contributed by atoms with Crippen molar-refractivity contribution in [1.29, 1.82) is 0 Å². The number of carboxylic acid groups (broad SMARTS) is 1. The molecule has 1 aromatic carbocycles.